The third kappa shape index (κ3) is 4.50. The number of fused-ring (bicyclic) bond motifs is 1. The molecule has 0 unspecified atom stereocenters. The van der Waals surface area contributed by atoms with Crippen molar-refractivity contribution in [2.24, 2.45) is 0 Å². The van der Waals surface area contributed by atoms with Crippen molar-refractivity contribution >= 4 is 28.6 Å². The number of rotatable bonds is 8. The topological polar surface area (TPSA) is 83.9 Å². The molecule has 0 aliphatic carbocycles. The molecule has 3 N–H and O–H groups in total. The quantitative estimate of drug-likeness (QED) is 0.542. The molecule has 136 valence electrons. The molecular formula is C19H24N6O. The number of para-hydroxylation sites is 1. The molecule has 0 saturated heterocycles. The lowest BCUT2D eigenvalue weighted by atomic mass is 10.2. The van der Waals surface area contributed by atoms with E-state index in [1.54, 1.807) is 0 Å². The molecule has 0 aliphatic rings. The van der Waals surface area contributed by atoms with E-state index in [1.807, 2.05) is 61.0 Å². The summed E-state index contributed by atoms with van der Waals surface area (Å²) in [7, 11) is 0. The van der Waals surface area contributed by atoms with E-state index in [9.17, 15) is 4.79 Å². The first-order valence-electron chi connectivity index (χ1n) is 8.79. The highest BCUT2D eigenvalue weighted by atomic mass is 16.1. The lowest BCUT2D eigenvalue weighted by Crippen LogP contribution is -2.31. The van der Waals surface area contributed by atoms with Gasteiger partial charge in [-0.3, -0.25) is 4.79 Å². The van der Waals surface area contributed by atoms with Crippen molar-refractivity contribution in [3.05, 3.63) is 48.3 Å². The Hall–Kier alpha value is -3.09. The van der Waals surface area contributed by atoms with E-state index in [0.29, 0.717) is 25.6 Å². The highest BCUT2D eigenvalue weighted by Crippen LogP contribution is 2.14. The Labute approximate surface area is 152 Å². The Morgan fingerprint density at radius 1 is 1.12 bits per heavy atom. The van der Waals surface area contributed by atoms with E-state index in [4.69, 9.17) is 0 Å². The predicted octanol–water partition coefficient (Wildman–Crippen LogP) is 2.40. The van der Waals surface area contributed by atoms with Gasteiger partial charge in [-0.25, -0.2) is 4.98 Å². The molecule has 2 aromatic heterocycles. The summed E-state index contributed by atoms with van der Waals surface area (Å²) in [5.41, 5.74) is 1.95. The van der Waals surface area contributed by atoms with Crippen LogP contribution in [-0.2, 0) is 11.3 Å². The molecule has 3 rings (SSSR count). The monoisotopic (exact) mass is 352 g/mol. The van der Waals surface area contributed by atoms with Gasteiger partial charge in [-0.15, -0.1) is 0 Å². The Balaban J connectivity index is 1.47. The molecule has 7 heteroatoms. The molecule has 0 fully saturated rings. The van der Waals surface area contributed by atoms with Crippen molar-refractivity contribution in [3.63, 3.8) is 0 Å². The molecule has 1 amide bonds. The molecule has 3 aromatic rings. The van der Waals surface area contributed by atoms with E-state index < -0.39 is 0 Å². The lowest BCUT2D eigenvalue weighted by molar-refractivity contribution is -0.121. The van der Waals surface area contributed by atoms with E-state index in [0.717, 1.165) is 29.0 Å². The van der Waals surface area contributed by atoms with Gasteiger partial charge in [0.2, 0.25) is 11.9 Å². The number of amides is 1. The molecule has 0 spiro atoms. The van der Waals surface area contributed by atoms with Gasteiger partial charge >= 0.3 is 0 Å². The maximum absolute atomic E-state index is 12.2. The van der Waals surface area contributed by atoms with Crippen LogP contribution in [0.4, 0.5) is 11.8 Å². The highest BCUT2D eigenvalue weighted by Gasteiger charge is 2.06. The van der Waals surface area contributed by atoms with Gasteiger partial charge in [0.15, 0.2) is 0 Å². The highest BCUT2D eigenvalue weighted by molar-refractivity contribution is 5.83. The summed E-state index contributed by atoms with van der Waals surface area (Å²) in [6.07, 6.45) is 1.94. The van der Waals surface area contributed by atoms with Crippen LogP contribution < -0.4 is 16.0 Å². The van der Waals surface area contributed by atoms with Crippen molar-refractivity contribution in [3.8, 4) is 0 Å². The summed E-state index contributed by atoms with van der Waals surface area (Å²) in [6.45, 7) is 6.13. The van der Waals surface area contributed by atoms with Crippen LogP contribution in [0.25, 0.3) is 10.9 Å². The van der Waals surface area contributed by atoms with Gasteiger partial charge in [0.1, 0.15) is 12.4 Å². The van der Waals surface area contributed by atoms with E-state index in [-0.39, 0.29) is 5.91 Å². The molecule has 0 saturated carbocycles. The number of carbonyl (C=O) groups is 1. The Morgan fingerprint density at radius 2 is 1.96 bits per heavy atom. The number of anilines is 2. The molecule has 26 heavy (non-hydrogen) atoms. The van der Waals surface area contributed by atoms with Crippen LogP contribution in [-0.4, -0.2) is 40.1 Å². The van der Waals surface area contributed by atoms with Crippen LogP contribution >= 0.6 is 0 Å². The minimum absolute atomic E-state index is 0.0136. The second-order valence-electron chi connectivity index (χ2n) is 6.03. The molecule has 1 aromatic carbocycles. The first-order chi connectivity index (χ1) is 12.7. The lowest BCUT2D eigenvalue weighted by Gasteiger charge is -2.10. The summed E-state index contributed by atoms with van der Waals surface area (Å²) in [5, 5.41) is 10.4. The summed E-state index contributed by atoms with van der Waals surface area (Å²) in [4.78, 5) is 20.9. The fourth-order valence-electron chi connectivity index (χ4n) is 2.78. The smallest absolute Gasteiger partial charge is 0.240 e. The fourth-order valence-corrected chi connectivity index (χ4v) is 2.78. The van der Waals surface area contributed by atoms with E-state index in [2.05, 4.69) is 25.9 Å². The van der Waals surface area contributed by atoms with Crippen molar-refractivity contribution in [1.29, 1.82) is 0 Å². The number of nitrogens with one attached hydrogen (secondary N) is 3. The van der Waals surface area contributed by atoms with Crippen LogP contribution in [0, 0.1) is 6.92 Å². The summed E-state index contributed by atoms with van der Waals surface area (Å²) >= 11 is 0. The molecule has 0 atom stereocenters. The van der Waals surface area contributed by atoms with Crippen molar-refractivity contribution in [1.82, 2.24) is 19.9 Å². The summed E-state index contributed by atoms with van der Waals surface area (Å²) in [5.74, 6) is 1.35. The zero-order chi connectivity index (χ0) is 18.4. The van der Waals surface area contributed by atoms with Gasteiger partial charge in [0.05, 0.1) is 0 Å². The van der Waals surface area contributed by atoms with Gasteiger partial charge in [-0.05, 0) is 31.4 Å². The fraction of sp³-hybridized carbons (Fsp3) is 0.316. The van der Waals surface area contributed by atoms with Crippen molar-refractivity contribution < 1.29 is 4.79 Å². The Morgan fingerprint density at radius 3 is 2.81 bits per heavy atom. The number of carbonyl (C=O) groups excluding carboxylic acids is 1. The maximum Gasteiger partial charge on any atom is 0.240 e. The Bertz CT molecular complexity index is 889. The Kier molecular flexibility index (Phi) is 5.68. The van der Waals surface area contributed by atoms with E-state index in [1.165, 1.54) is 0 Å². The SMILES string of the molecule is CCNc1nc(C)cc(NCCNC(=O)Cn2ccc3ccccc32)n1. The minimum Gasteiger partial charge on any atom is -0.368 e. The first-order valence-corrected chi connectivity index (χ1v) is 8.79. The number of hydrogen-bond acceptors (Lipinski definition) is 5. The van der Waals surface area contributed by atoms with Gasteiger partial charge in [-0.1, -0.05) is 18.2 Å². The zero-order valence-electron chi connectivity index (χ0n) is 15.1. The van der Waals surface area contributed by atoms with Gasteiger partial charge < -0.3 is 20.5 Å². The second kappa shape index (κ2) is 8.33. The summed E-state index contributed by atoms with van der Waals surface area (Å²) < 4.78 is 1.95. The second-order valence-corrected chi connectivity index (χ2v) is 6.03. The average molecular weight is 352 g/mol. The molecule has 0 bridgehead atoms. The summed E-state index contributed by atoms with van der Waals surface area (Å²) in [6, 6.07) is 11.9. The number of nitrogens with zero attached hydrogens (tertiary/aromatic N) is 3. The molecule has 0 radical (unpaired) electrons. The predicted molar refractivity (Wildman–Crippen MR) is 104 cm³/mol. The van der Waals surface area contributed by atoms with Gasteiger partial charge in [-0.2, -0.15) is 4.98 Å². The van der Waals surface area contributed by atoms with Crippen LogP contribution in [0.15, 0.2) is 42.6 Å². The van der Waals surface area contributed by atoms with Crippen LogP contribution in [0.3, 0.4) is 0 Å². The van der Waals surface area contributed by atoms with Gasteiger partial charge in [0, 0.05) is 43.1 Å². The molecule has 0 aliphatic heterocycles. The largest absolute Gasteiger partial charge is 0.368 e. The maximum atomic E-state index is 12.2. The van der Waals surface area contributed by atoms with Crippen LogP contribution in [0.2, 0.25) is 0 Å². The van der Waals surface area contributed by atoms with Gasteiger partial charge in [0.25, 0.3) is 0 Å². The van der Waals surface area contributed by atoms with Crippen LogP contribution in [0.1, 0.15) is 12.6 Å². The first kappa shape index (κ1) is 17.7. The third-order valence-electron chi connectivity index (χ3n) is 3.94. The normalized spacial score (nSPS) is 10.7. The number of hydrogen-bond donors (Lipinski definition) is 3. The molecular weight excluding hydrogens is 328 g/mol. The number of aryl methyl sites for hydroxylation is 1. The van der Waals surface area contributed by atoms with Crippen molar-refractivity contribution in [2.75, 3.05) is 30.3 Å². The molecule has 2 heterocycles. The minimum atomic E-state index is -0.0136. The van der Waals surface area contributed by atoms with Crippen molar-refractivity contribution in [2.45, 2.75) is 20.4 Å². The van der Waals surface area contributed by atoms with Crippen LogP contribution in [0.5, 0.6) is 0 Å². The third-order valence-corrected chi connectivity index (χ3v) is 3.94. The standard InChI is InChI=1S/C19H24N6O/c1-3-20-19-23-14(2)12-17(24-19)21-9-10-22-18(26)13-25-11-8-15-6-4-5-7-16(15)25/h4-8,11-12H,3,9-10,13H2,1-2H3,(H,22,26)(H2,20,21,23,24). The number of aromatic nitrogens is 3. The van der Waals surface area contributed by atoms with E-state index >= 15 is 0 Å². The zero-order valence-corrected chi connectivity index (χ0v) is 15.1. The molecule has 7 nitrogen and oxygen atoms in total. The average Bonchev–Trinajstić information content (AvgIpc) is 3.02. The number of benzene rings is 1.